The molecule has 5 N–H and O–H groups in total. The molecule has 2 saturated heterocycles. The van der Waals surface area contributed by atoms with Gasteiger partial charge in [-0.15, -0.1) is 0 Å². The first kappa shape index (κ1) is 29.0. The number of amides is 2. The standard InChI is InChI=1S/C28H39N7O6/c1-28(2,3)14-40-27(39)34-11-9-16(10-12-34)5-4-6-20-32-23(29)21-24(33-20)35(15-30-21)26-19(37)13-18(36)22(41-26)25(38)31-17-7-8-17/h15-19,22,26,36-37H,5,7-14H2,1-3H3,(H,31,38)(H2,29,32,33)/t18?,19?,22-,26+/m0/s1. The summed E-state index contributed by atoms with van der Waals surface area (Å²) in [6.45, 7) is 7.72. The highest BCUT2D eigenvalue weighted by Gasteiger charge is 2.43. The molecule has 2 aliphatic heterocycles. The molecule has 0 aromatic carbocycles. The molecule has 13 heteroatoms. The number of hydrogen-bond donors (Lipinski definition) is 4. The van der Waals surface area contributed by atoms with Crippen molar-refractivity contribution in [2.45, 2.75) is 89.9 Å². The molecule has 2 unspecified atom stereocenters. The fourth-order valence-corrected chi connectivity index (χ4v) is 4.96. The number of likely N-dealkylation sites (tertiary alicyclic amines) is 1. The molecule has 3 fully saturated rings. The molecule has 0 bridgehead atoms. The highest BCUT2D eigenvalue weighted by atomic mass is 16.6. The van der Waals surface area contributed by atoms with E-state index in [1.165, 1.54) is 10.9 Å². The summed E-state index contributed by atoms with van der Waals surface area (Å²) in [7, 11) is 0. The normalized spacial score (nSPS) is 25.4. The third kappa shape index (κ3) is 7.06. The molecular formula is C28H39N7O6. The number of aromatic nitrogens is 4. The summed E-state index contributed by atoms with van der Waals surface area (Å²) in [5, 5.41) is 23.9. The van der Waals surface area contributed by atoms with Crippen molar-refractivity contribution < 1.29 is 29.3 Å². The number of nitrogen functional groups attached to an aromatic ring is 1. The van der Waals surface area contributed by atoms with Gasteiger partial charge in [0.15, 0.2) is 23.8 Å². The Morgan fingerprint density at radius 1 is 1.17 bits per heavy atom. The molecule has 2 amide bonds. The summed E-state index contributed by atoms with van der Waals surface area (Å²) in [6, 6.07) is 0.105. The summed E-state index contributed by atoms with van der Waals surface area (Å²) in [5.74, 6) is 6.38. The molecule has 222 valence electrons. The SMILES string of the molecule is CC(C)(C)COC(=O)N1CCC(CC#Cc2nc(N)c3ncn([C@@H]4O[C@H](C(=O)NC5CC5)C(O)CC4O)c3n2)CC1. The van der Waals surface area contributed by atoms with Crippen LogP contribution in [0.1, 0.15) is 71.3 Å². The van der Waals surface area contributed by atoms with E-state index in [1.54, 1.807) is 4.90 Å². The zero-order valence-corrected chi connectivity index (χ0v) is 23.7. The van der Waals surface area contributed by atoms with E-state index in [9.17, 15) is 19.8 Å². The van der Waals surface area contributed by atoms with Gasteiger partial charge in [-0.2, -0.15) is 0 Å². The maximum Gasteiger partial charge on any atom is 0.409 e. The smallest absolute Gasteiger partial charge is 0.409 e. The van der Waals surface area contributed by atoms with E-state index >= 15 is 0 Å². The monoisotopic (exact) mass is 569 g/mol. The van der Waals surface area contributed by atoms with Crippen LogP contribution in [0.4, 0.5) is 10.6 Å². The molecule has 4 heterocycles. The third-order valence-corrected chi connectivity index (χ3v) is 7.44. The Labute approximate surface area is 238 Å². The molecule has 41 heavy (non-hydrogen) atoms. The van der Waals surface area contributed by atoms with E-state index in [1.807, 2.05) is 20.8 Å². The first-order valence-corrected chi connectivity index (χ1v) is 14.2. The van der Waals surface area contributed by atoms with Gasteiger partial charge in [-0.1, -0.05) is 26.7 Å². The maximum atomic E-state index is 12.6. The van der Waals surface area contributed by atoms with Crippen LogP contribution in [0.3, 0.4) is 0 Å². The molecule has 5 rings (SSSR count). The summed E-state index contributed by atoms with van der Waals surface area (Å²) >= 11 is 0. The second-order valence-corrected chi connectivity index (χ2v) is 12.4. The van der Waals surface area contributed by atoms with Gasteiger partial charge in [-0.25, -0.2) is 19.7 Å². The molecule has 2 aromatic rings. The van der Waals surface area contributed by atoms with Crippen LogP contribution in [-0.4, -0.2) is 90.7 Å². The number of nitrogens with two attached hydrogens (primary N) is 1. The molecule has 0 spiro atoms. The molecule has 0 radical (unpaired) electrons. The zero-order valence-electron chi connectivity index (χ0n) is 23.7. The zero-order chi connectivity index (χ0) is 29.3. The van der Waals surface area contributed by atoms with Gasteiger partial charge in [-0.3, -0.25) is 9.36 Å². The quantitative estimate of drug-likeness (QED) is 0.384. The van der Waals surface area contributed by atoms with Crippen molar-refractivity contribution in [3.63, 3.8) is 0 Å². The van der Waals surface area contributed by atoms with Crippen LogP contribution in [0.25, 0.3) is 11.2 Å². The number of piperidine rings is 1. The van der Waals surface area contributed by atoms with Crippen LogP contribution < -0.4 is 11.1 Å². The molecule has 1 aliphatic carbocycles. The average Bonchev–Trinajstić information content (AvgIpc) is 3.63. The van der Waals surface area contributed by atoms with Gasteiger partial charge < -0.3 is 35.6 Å². The highest BCUT2D eigenvalue weighted by molar-refractivity contribution is 5.83. The predicted molar refractivity (Wildman–Crippen MR) is 148 cm³/mol. The first-order chi connectivity index (χ1) is 19.5. The predicted octanol–water partition coefficient (Wildman–Crippen LogP) is 1.33. The van der Waals surface area contributed by atoms with Crippen LogP contribution in [-0.2, 0) is 14.3 Å². The molecular weight excluding hydrogens is 530 g/mol. The van der Waals surface area contributed by atoms with Gasteiger partial charge >= 0.3 is 6.09 Å². The van der Waals surface area contributed by atoms with Crippen LogP contribution in [0.2, 0.25) is 0 Å². The Hall–Kier alpha value is -3.47. The summed E-state index contributed by atoms with van der Waals surface area (Å²) in [6.07, 6.45) is 0.796. The number of anilines is 1. The Morgan fingerprint density at radius 2 is 1.90 bits per heavy atom. The number of aliphatic hydroxyl groups is 2. The molecule has 1 saturated carbocycles. The lowest BCUT2D eigenvalue weighted by atomic mass is 9.94. The number of rotatable bonds is 5. The van der Waals surface area contributed by atoms with Gasteiger partial charge in [0.2, 0.25) is 5.82 Å². The Morgan fingerprint density at radius 3 is 2.59 bits per heavy atom. The minimum absolute atomic E-state index is 0.0482. The second kappa shape index (κ2) is 11.8. The van der Waals surface area contributed by atoms with Gasteiger partial charge in [0, 0.05) is 32.0 Å². The number of hydrogen-bond acceptors (Lipinski definition) is 10. The van der Waals surface area contributed by atoms with Crippen LogP contribution in [0.15, 0.2) is 6.33 Å². The molecule has 2 aromatic heterocycles. The molecule has 3 aliphatic rings. The highest BCUT2D eigenvalue weighted by Crippen LogP contribution is 2.32. The summed E-state index contributed by atoms with van der Waals surface area (Å²) < 4.78 is 12.8. The van der Waals surface area contributed by atoms with E-state index < -0.39 is 30.4 Å². The summed E-state index contributed by atoms with van der Waals surface area (Å²) in [4.78, 5) is 39.8. The first-order valence-electron chi connectivity index (χ1n) is 14.2. The maximum absolute atomic E-state index is 12.6. The van der Waals surface area contributed by atoms with E-state index in [2.05, 4.69) is 32.1 Å². The van der Waals surface area contributed by atoms with E-state index in [4.69, 9.17) is 15.2 Å². The van der Waals surface area contributed by atoms with Crippen LogP contribution in [0.5, 0.6) is 0 Å². The largest absolute Gasteiger partial charge is 0.449 e. The minimum Gasteiger partial charge on any atom is -0.449 e. The number of nitrogens with one attached hydrogen (secondary N) is 1. The van der Waals surface area contributed by atoms with Crippen molar-refractivity contribution >= 4 is 29.0 Å². The molecule has 4 atom stereocenters. The van der Waals surface area contributed by atoms with E-state index in [0.29, 0.717) is 43.2 Å². The number of fused-ring (bicyclic) bond motifs is 1. The van der Waals surface area contributed by atoms with E-state index in [-0.39, 0.29) is 35.6 Å². The van der Waals surface area contributed by atoms with E-state index in [0.717, 1.165) is 25.7 Å². The average molecular weight is 570 g/mol. The lowest BCUT2D eigenvalue weighted by Gasteiger charge is -2.36. The van der Waals surface area contributed by atoms with Crippen LogP contribution in [0, 0.1) is 23.2 Å². The number of carbonyl (C=O) groups excluding carboxylic acids is 2. The van der Waals surface area contributed by atoms with Crippen molar-refractivity contribution in [3.8, 4) is 11.8 Å². The van der Waals surface area contributed by atoms with Gasteiger partial charge in [0.1, 0.15) is 11.6 Å². The second-order valence-electron chi connectivity index (χ2n) is 12.4. The van der Waals surface area contributed by atoms with Crippen molar-refractivity contribution in [2.24, 2.45) is 11.3 Å². The number of nitrogens with zero attached hydrogens (tertiary/aromatic N) is 5. The fourth-order valence-electron chi connectivity index (χ4n) is 4.96. The lowest BCUT2D eigenvalue weighted by Crippen LogP contribution is -2.52. The van der Waals surface area contributed by atoms with Gasteiger partial charge in [0.25, 0.3) is 5.91 Å². The fraction of sp³-hybridized carbons (Fsp3) is 0.679. The third-order valence-electron chi connectivity index (χ3n) is 7.44. The van der Waals surface area contributed by atoms with Crippen molar-refractivity contribution in [3.05, 3.63) is 12.2 Å². The van der Waals surface area contributed by atoms with Crippen molar-refractivity contribution in [2.75, 3.05) is 25.4 Å². The molecule has 13 nitrogen and oxygen atoms in total. The Kier molecular flexibility index (Phi) is 8.35. The van der Waals surface area contributed by atoms with Crippen molar-refractivity contribution in [1.29, 1.82) is 0 Å². The van der Waals surface area contributed by atoms with Gasteiger partial charge in [-0.05, 0) is 42.9 Å². The lowest BCUT2D eigenvalue weighted by molar-refractivity contribution is -0.199. The van der Waals surface area contributed by atoms with Crippen LogP contribution >= 0.6 is 0 Å². The number of aliphatic hydroxyl groups excluding tert-OH is 2. The number of imidazole rings is 1. The Balaban J connectivity index is 1.23. The number of ether oxygens (including phenoxy) is 2. The van der Waals surface area contributed by atoms with Crippen molar-refractivity contribution in [1.82, 2.24) is 29.7 Å². The minimum atomic E-state index is -1.14. The summed E-state index contributed by atoms with van der Waals surface area (Å²) in [5.41, 5.74) is 6.71. The Bertz CT molecular complexity index is 1330. The topological polar surface area (TPSA) is 178 Å². The van der Waals surface area contributed by atoms with Gasteiger partial charge in [0.05, 0.1) is 19.0 Å². The number of carbonyl (C=O) groups is 2.